The van der Waals surface area contributed by atoms with Crippen LogP contribution in [0.5, 0.6) is 5.75 Å². The second-order valence-corrected chi connectivity index (χ2v) is 6.65. The Hall–Kier alpha value is -1.67. The third-order valence-corrected chi connectivity index (χ3v) is 4.67. The number of benzene rings is 1. The highest BCUT2D eigenvalue weighted by Crippen LogP contribution is 2.48. The smallest absolute Gasteiger partial charge is 0.344 e. The topological polar surface area (TPSA) is 99.1 Å². The maximum absolute atomic E-state index is 12.5. The molecule has 0 aromatic heterocycles. The highest BCUT2D eigenvalue weighted by molar-refractivity contribution is 5.72. The molecule has 1 aromatic carbocycles. The van der Waals surface area contributed by atoms with E-state index in [0.717, 1.165) is 10.1 Å². The van der Waals surface area contributed by atoms with Crippen LogP contribution in [0.4, 0.5) is 0 Å². The summed E-state index contributed by atoms with van der Waals surface area (Å²) in [7, 11) is 0. The van der Waals surface area contributed by atoms with E-state index in [2.05, 4.69) is 0 Å². The number of carbonyl (C=O) groups is 1. The summed E-state index contributed by atoms with van der Waals surface area (Å²) in [4.78, 5) is 10.8. The fraction of sp³-hybridized carbons (Fsp3) is 0.500. The highest BCUT2D eigenvalue weighted by atomic mass is 16.6. The van der Waals surface area contributed by atoms with E-state index in [1.807, 2.05) is 0 Å². The Morgan fingerprint density at radius 3 is 1.91 bits per heavy atom. The molecule has 1 aliphatic rings. The van der Waals surface area contributed by atoms with Crippen molar-refractivity contribution in [1.29, 1.82) is 0 Å². The first-order valence-corrected chi connectivity index (χ1v) is 7.31. The molecule has 1 aromatic rings. The molecule has 1 saturated heterocycles. The van der Waals surface area contributed by atoms with Crippen LogP contribution in [0.3, 0.4) is 0 Å². The van der Waals surface area contributed by atoms with Crippen molar-refractivity contribution in [3.63, 3.8) is 0 Å². The van der Waals surface area contributed by atoms with E-state index in [-0.39, 0.29) is 6.17 Å². The zero-order valence-corrected chi connectivity index (χ0v) is 13.9. The Kier molecular flexibility index (Phi) is 4.42. The fourth-order valence-corrected chi connectivity index (χ4v) is 2.28. The molecule has 0 spiro atoms. The Labute approximate surface area is 135 Å². The first-order chi connectivity index (χ1) is 10.5. The molecule has 0 bridgehead atoms. The van der Waals surface area contributed by atoms with Gasteiger partial charge in [0.25, 0.3) is 0 Å². The van der Waals surface area contributed by atoms with Crippen molar-refractivity contribution in [2.45, 2.75) is 51.8 Å². The van der Waals surface area contributed by atoms with Crippen LogP contribution in [-0.4, -0.2) is 38.4 Å². The molecule has 2 rings (SSSR count). The van der Waals surface area contributed by atoms with Gasteiger partial charge in [-0.3, -0.25) is 0 Å². The van der Waals surface area contributed by atoms with Gasteiger partial charge in [0.15, 0.2) is 6.10 Å². The van der Waals surface area contributed by atoms with Crippen LogP contribution in [0, 0.1) is 16.6 Å². The zero-order chi connectivity index (χ0) is 17.6. The summed E-state index contributed by atoms with van der Waals surface area (Å²) in [6.07, 6.45) is -0.942. The molecular weight excluding hydrogens is 300 g/mol. The number of hydrogen-bond acceptors (Lipinski definition) is 6. The number of aliphatic carboxylic acids is 1. The van der Waals surface area contributed by atoms with E-state index in [1.165, 1.54) is 6.92 Å². The van der Waals surface area contributed by atoms with E-state index in [0.29, 0.717) is 11.3 Å². The van der Waals surface area contributed by atoms with Crippen LogP contribution in [0.1, 0.15) is 40.2 Å². The number of hydroxylamine groups is 4. The van der Waals surface area contributed by atoms with Gasteiger partial charge in [-0.25, -0.2) is 4.79 Å². The molecule has 1 aliphatic heterocycles. The van der Waals surface area contributed by atoms with E-state index >= 15 is 0 Å². The van der Waals surface area contributed by atoms with Gasteiger partial charge in [-0.15, -0.1) is 0 Å². The average Bonchev–Trinajstić information content (AvgIpc) is 2.58. The SMILES string of the molecule is C[C@@H](Oc1ccc([C]2N([O-])C(C)(C)C(C)(C)N2[O-])cc1)C(=O)O. The van der Waals surface area contributed by atoms with Crippen LogP contribution in [0.2, 0.25) is 0 Å². The minimum absolute atomic E-state index is 0.0397. The summed E-state index contributed by atoms with van der Waals surface area (Å²) in [6, 6.07) is 6.24. The predicted octanol–water partition coefficient (Wildman–Crippen LogP) is 2.55. The summed E-state index contributed by atoms with van der Waals surface area (Å²) in [5.74, 6) is -0.713. The van der Waals surface area contributed by atoms with Gasteiger partial charge >= 0.3 is 5.97 Å². The van der Waals surface area contributed by atoms with E-state index in [4.69, 9.17) is 9.84 Å². The van der Waals surface area contributed by atoms with Crippen LogP contribution >= 0.6 is 0 Å². The molecule has 7 nitrogen and oxygen atoms in total. The van der Waals surface area contributed by atoms with Crippen LogP contribution in [0.25, 0.3) is 0 Å². The van der Waals surface area contributed by atoms with Crippen LogP contribution in [-0.2, 0) is 4.79 Å². The third-order valence-electron chi connectivity index (χ3n) is 4.67. The number of rotatable bonds is 4. The second-order valence-electron chi connectivity index (χ2n) is 6.65. The molecular formula is C16H21N2O5-2. The van der Waals surface area contributed by atoms with Gasteiger partial charge in [0, 0.05) is 11.1 Å². The lowest BCUT2D eigenvalue weighted by Crippen LogP contribution is -2.51. The van der Waals surface area contributed by atoms with Crippen molar-refractivity contribution in [1.82, 2.24) is 10.1 Å². The largest absolute Gasteiger partial charge is 0.783 e. The standard InChI is InChI=1S/C16H21N2O5/c1-10(14(19)20)23-12-8-6-11(7-9-12)13-17(21)15(2,3)16(4,5)18(13)22/h6-10H,1-5H3,(H,19,20)/q-2/t10-/m1/s1. The number of carboxylic acids is 1. The van der Waals surface area contributed by atoms with Crippen molar-refractivity contribution < 1.29 is 14.6 Å². The van der Waals surface area contributed by atoms with Gasteiger partial charge in [0.1, 0.15) is 11.9 Å². The van der Waals surface area contributed by atoms with Gasteiger partial charge in [0.05, 0.1) is 0 Å². The second kappa shape index (κ2) is 5.76. The number of hydrogen-bond donors (Lipinski definition) is 1. The molecule has 0 aliphatic carbocycles. The lowest BCUT2D eigenvalue weighted by atomic mass is 9.84. The van der Waals surface area contributed by atoms with Crippen LogP contribution < -0.4 is 4.74 Å². The Morgan fingerprint density at radius 2 is 1.52 bits per heavy atom. The molecule has 0 amide bonds. The van der Waals surface area contributed by atoms with Crippen molar-refractivity contribution >= 4 is 5.97 Å². The molecule has 1 heterocycles. The van der Waals surface area contributed by atoms with E-state index in [9.17, 15) is 15.2 Å². The number of ether oxygens (including phenoxy) is 1. The lowest BCUT2D eigenvalue weighted by Gasteiger charge is -2.46. The first kappa shape index (κ1) is 17.7. The Morgan fingerprint density at radius 1 is 1.09 bits per heavy atom. The van der Waals surface area contributed by atoms with Gasteiger partial charge in [0.2, 0.25) is 0 Å². The van der Waals surface area contributed by atoms with Crippen molar-refractivity contribution in [2.75, 3.05) is 0 Å². The lowest BCUT2D eigenvalue weighted by molar-refractivity contribution is -0.144. The molecule has 0 saturated carbocycles. The molecule has 0 unspecified atom stereocenters. The monoisotopic (exact) mass is 321 g/mol. The van der Waals surface area contributed by atoms with Gasteiger partial charge < -0.3 is 30.4 Å². The molecule has 127 valence electrons. The van der Waals surface area contributed by atoms with Crippen molar-refractivity contribution in [2.24, 2.45) is 0 Å². The minimum Gasteiger partial charge on any atom is -0.783 e. The molecule has 1 atom stereocenters. The fourth-order valence-electron chi connectivity index (χ4n) is 2.28. The number of carboxylic acid groups (broad SMARTS) is 1. The minimum atomic E-state index is -1.07. The van der Waals surface area contributed by atoms with Gasteiger partial charge in [-0.2, -0.15) is 0 Å². The maximum atomic E-state index is 12.5. The molecule has 23 heavy (non-hydrogen) atoms. The van der Waals surface area contributed by atoms with Crippen LogP contribution in [0.15, 0.2) is 24.3 Å². The molecule has 7 heteroatoms. The third kappa shape index (κ3) is 2.81. The molecule has 1 fully saturated rings. The van der Waals surface area contributed by atoms with Crippen molar-refractivity contribution in [3.8, 4) is 5.75 Å². The average molecular weight is 321 g/mol. The quantitative estimate of drug-likeness (QED) is 0.909. The summed E-state index contributed by atoms with van der Waals surface area (Å²) in [6.45, 7) is 8.33. The van der Waals surface area contributed by atoms with Gasteiger partial charge in [-0.05, 0) is 52.3 Å². The zero-order valence-electron chi connectivity index (χ0n) is 13.9. The summed E-state index contributed by atoms with van der Waals surface area (Å²) in [5, 5.41) is 35.4. The normalized spacial score (nSPS) is 22.9. The summed E-state index contributed by atoms with van der Waals surface area (Å²) >= 11 is 0. The van der Waals surface area contributed by atoms with Gasteiger partial charge in [-0.1, -0.05) is 12.1 Å². The Bertz CT molecular complexity index is 565. The first-order valence-electron chi connectivity index (χ1n) is 7.31. The molecule has 1 N–H and O–H groups in total. The highest BCUT2D eigenvalue weighted by Gasteiger charge is 2.50. The summed E-state index contributed by atoms with van der Waals surface area (Å²) < 4.78 is 5.24. The van der Waals surface area contributed by atoms with E-state index < -0.39 is 23.2 Å². The molecule has 1 radical (unpaired) electrons. The Balaban J connectivity index is 2.25. The predicted molar refractivity (Wildman–Crippen MR) is 85.1 cm³/mol. The van der Waals surface area contributed by atoms with Crippen molar-refractivity contribution in [3.05, 3.63) is 46.4 Å². The summed E-state index contributed by atoms with van der Waals surface area (Å²) in [5.41, 5.74) is -1.29. The number of nitrogens with zero attached hydrogens (tertiary/aromatic N) is 2. The maximum Gasteiger partial charge on any atom is 0.344 e. The van der Waals surface area contributed by atoms with E-state index in [1.54, 1.807) is 52.0 Å².